The first-order chi connectivity index (χ1) is 20.0. The third-order valence-corrected chi connectivity index (χ3v) is 9.81. The van der Waals surface area contributed by atoms with Gasteiger partial charge in [-0.3, -0.25) is 0 Å². The van der Waals surface area contributed by atoms with Gasteiger partial charge in [-0.25, -0.2) is 0 Å². The van der Waals surface area contributed by atoms with E-state index >= 15 is 0 Å². The van der Waals surface area contributed by atoms with E-state index in [1.54, 1.807) is 0 Å². The quantitative estimate of drug-likeness (QED) is 0.0691. The summed E-state index contributed by atoms with van der Waals surface area (Å²) in [5, 5.41) is 22.8. The van der Waals surface area contributed by atoms with Gasteiger partial charge in [0.05, 0.1) is 0 Å². The lowest BCUT2D eigenvalue weighted by atomic mass is 9.84. The zero-order chi connectivity index (χ0) is 30.2. The lowest BCUT2D eigenvalue weighted by Crippen LogP contribution is -2.38. The molecule has 0 saturated heterocycles. The molecule has 0 rings (SSSR count). The number of rotatable bonds is 34. The minimum Gasteiger partial charge on any atom is -0.550 e. The summed E-state index contributed by atoms with van der Waals surface area (Å²) in [7, 11) is 0. The summed E-state index contributed by atoms with van der Waals surface area (Å²) >= 11 is 1.43. The van der Waals surface area contributed by atoms with Gasteiger partial charge in [0.25, 0.3) is 0 Å². The molecule has 0 N–H and O–H groups in total. The standard InChI is InChI=1S/C36H70O4S/c1-3-5-7-9-11-13-15-16-17-18-19-21-23-25-27-29-33(34(36(39)40)32-41-31-30-35(37)38)28-26-24-22-20-14-12-10-8-6-4-2/h33-34H,3-32H2,1-2H3,(H,37,38)(H,39,40)/p-2. The minimum atomic E-state index is -1.07. The monoisotopic (exact) mass is 596 g/mol. The van der Waals surface area contributed by atoms with Crippen molar-refractivity contribution in [3.63, 3.8) is 0 Å². The van der Waals surface area contributed by atoms with Crippen molar-refractivity contribution < 1.29 is 19.8 Å². The molecule has 0 spiro atoms. The number of carboxylic acids is 2. The summed E-state index contributed by atoms with van der Waals surface area (Å²) in [4.78, 5) is 22.8. The summed E-state index contributed by atoms with van der Waals surface area (Å²) in [6, 6.07) is 0. The fourth-order valence-corrected chi connectivity index (χ4v) is 7.12. The van der Waals surface area contributed by atoms with E-state index in [1.165, 1.54) is 159 Å². The average Bonchev–Trinajstić information content (AvgIpc) is 2.95. The van der Waals surface area contributed by atoms with Crippen molar-refractivity contribution in [3.8, 4) is 0 Å². The molecule has 0 saturated carbocycles. The second kappa shape index (κ2) is 32.2. The maximum Gasteiger partial charge on any atom is 0.0456 e. The molecule has 0 radical (unpaired) electrons. The largest absolute Gasteiger partial charge is 0.550 e. The number of carbonyl (C=O) groups excluding carboxylic acids is 2. The van der Waals surface area contributed by atoms with Gasteiger partial charge < -0.3 is 19.8 Å². The summed E-state index contributed by atoms with van der Waals surface area (Å²) < 4.78 is 0. The Morgan fingerprint density at radius 1 is 0.512 bits per heavy atom. The van der Waals surface area contributed by atoms with Crippen LogP contribution in [0.4, 0.5) is 0 Å². The minimum absolute atomic E-state index is 0.0212. The van der Waals surface area contributed by atoms with Crippen molar-refractivity contribution in [2.24, 2.45) is 11.8 Å². The van der Waals surface area contributed by atoms with E-state index in [0.29, 0.717) is 11.5 Å². The van der Waals surface area contributed by atoms with E-state index in [-0.39, 0.29) is 12.3 Å². The van der Waals surface area contributed by atoms with Crippen molar-refractivity contribution in [3.05, 3.63) is 0 Å². The van der Waals surface area contributed by atoms with Crippen LogP contribution in [-0.4, -0.2) is 23.4 Å². The molecular weight excluding hydrogens is 528 g/mol. The highest BCUT2D eigenvalue weighted by atomic mass is 32.2. The molecule has 5 heteroatoms. The highest BCUT2D eigenvalue weighted by Gasteiger charge is 2.22. The first kappa shape index (κ1) is 40.3. The molecule has 2 atom stereocenters. The highest BCUT2D eigenvalue weighted by molar-refractivity contribution is 7.99. The van der Waals surface area contributed by atoms with E-state index in [4.69, 9.17) is 0 Å². The van der Waals surface area contributed by atoms with E-state index in [1.807, 2.05) is 0 Å². The SMILES string of the molecule is CCCCCCCCCCCCCCCCCC(CCCCCCCCCCCC)C(CSCCC(=O)[O-])C(=O)[O-]. The number of carboxylic acid groups (broad SMARTS) is 2. The molecule has 0 fully saturated rings. The van der Waals surface area contributed by atoms with E-state index in [9.17, 15) is 19.8 Å². The first-order valence-electron chi connectivity index (χ1n) is 18.0. The fourth-order valence-electron chi connectivity index (χ4n) is 5.98. The van der Waals surface area contributed by atoms with Gasteiger partial charge in [0.2, 0.25) is 0 Å². The number of aliphatic carboxylic acids is 2. The highest BCUT2D eigenvalue weighted by Crippen LogP contribution is 2.29. The van der Waals surface area contributed by atoms with E-state index in [2.05, 4.69) is 13.8 Å². The van der Waals surface area contributed by atoms with Crippen LogP contribution in [0.2, 0.25) is 0 Å². The predicted octanol–water partition coefficient (Wildman–Crippen LogP) is 9.41. The van der Waals surface area contributed by atoms with Crippen LogP contribution in [0.1, 0.15) is 194 Å². The summed E-state index contributed by atoms with van der Waals surface area (Å²) in [5.41, 5.74) is 0. The van der Waals surface area contributed by atoms with Gasteiger partial charge in [-0.1, -0.05) is 174 Å². The molecule has 2 unspecified atom stereocenters. The zero-order valence-electron chi connectivity index (χ0n) is 27.4. The number of unbranched alkanes of at least 4 members (excludes halogenated alkanes) is 23. The number of carbonyl (C=O) groups is 2. The molecule has 0 aromatic rings. The van der Waals surface area contributed by atoms with Crippen LogP contribution in [0.5, 0.6) is 0 Å². The Kier molecular flexibility index (Phi) is 31.7. The number of thioether (sulfide) groups is 1. The van der Waals surface area contributed by atoms with Crippen molar-refractivity contribution >= 4 is 23.7 Å². The Hall–Kier alpha value is -0.710. The molecule has 0 aliphatic rings. The smallest absolute Gasteiger partial charge is 0.0456 e. The second-order valence-electron chi connectivity index (χ2n) is 12.6. The summed E-state index contributed by atoms with van der Waals surface area (Å²) in [6.45, 7) is 4.53. The molecule has 0 heterocycles. The van der Waals surface area contributed by atoms with Crippen LogP contribution in [0.25, 0.3) is 0 Å². The molecule has 244 valence electrons. The van der Waals surface area contributed by atoms with Gasteiger partial charge in [-0.15, -0.1) is 0 Å². The Labute approximate surface area is 260 Å². The van der Waals surface area contributed by atoms with Gasteiger partial charge in [0.1, 0.15) is 0 Å². The van der Waals surface area contributed by atoms with E-state index < -0.39 is 17.9 Å². The predicted molar refractivity (Wildman–Crippen MR) is 175 cm³/mol. The van der Waals surface area contributed by atoms with Gasteiger partial charge in [-0.05, 0) is 30.9 Å². The number of hydrogen-bond donors (Lipinski definition) is 0. The van der Waals surface area contributed by atoms with Crippen LogP contribution >= 0.6 is 11.8 Å². The molecule has 0 aliphatic carbocycles. The zero-order valence-corrected chi connectivity index (χ0v) is 28.2. The molecule has 0 amide bonds. The molecule has 4 nitrogen and oxygen atoms in total. The van der Waals surface area contributed by atoms with Crippen LogP contribution in [0, 0.1) is 11.8 Å². The van der Waals surface area contributed by atoms with Gasteiger partial charge in [0, 0.05) is 23.6 Å². The summed E-state index contributed by atoms with van der Waals surface area (Å²) in [6.07, 6.45) is 34.8. The maximum absolute atomic E-state index is 12.1. The molecule has 0 aliphatic heterocycles. The summed E-state index contributed by atoms with van der Waals surface area (Å²) in [5.74, 6) is -1.49. The number of hydrogen-bond acceptors (Lipinski definition) is 5. The molecule has 0 aromatic carbocycles. The van der Waals surface area contributed by atoms with Crippen molar-refractivity contribution in [2.45, 2.75) is 194 Å². The Morgan fingerprint density at radius 3 is 1.12 bits per heavy atom. The lowest BCUT2D eigenvalue weighted by Gasteiger charge is -2.28. The average molecular weight is 597 g/mol. The van der Waals surface area contributed by atoms with Crippen molar-refractivity contribution in [1.82, 2.24) is 0 Å². The van der Waals surface area contributed by atoms with Gasteiger partial charge in [0.15, 0.2) is 0 Å². The van der Waals surface area contributed by atoms with Gasteiger partial charge in [-0.2, -0.15) is 11.8 Å². The van der Waals surface area contributed by atoms with Crippen LogP contribution in [0.3, 0.4) is 0 Å². The van der Waals surface area contributed by atoms with Crippen molar-refractivity contribution in [2.75, 3.05) is 11.5 Å². The normalized spacial score (nSPS) is 12.9. The van der Waals surface area contributed by atoms with E-state index in [0.717, 1.165) is 25.7 Å². The molecular formula is C36H68O4S-2. The lowest BCUT2D eigenvalue weighted by molar-refractivity contribution is -0.312. The van der Waals surface area contributed by atoms with Crippen LogP contribution < -0.4 is 10.2 Å². The Balaban J connectivity index is 4.19. The Morgan fingerprint density at radius 2 is 0.829 bits per heavy atom. The maximum atomic E-state index is 12.1. The topological polar surface area (TPSA) is 80.3 Å². The third kappa shape index (κ3) is 29.2. The van der Waals surface area contributed by atoms with Crippen LogP contribution in [0.15, 0.2) is 0 Å². The fraction of sp³-hybridized carbons (Fsp3) is 0.944. The second-order valence-corrected chi connectivity index (χ2v) is 13.7. The van der Waals surface area contributed by atoms with Crippen LogP contribution in [-0.2, 0) is 9.59 Å². The first-order valence-corrected chi connectivity index (χ1v) is 19.2. The van der Waals surface area contributed by atoms with Crippen molar-refractivity contribution in [1.29, 1.82) is 0 Å². The molecule has 0 bridgehead atoms. The van der Waals surface area contributed by atoms with Gasteiger partial charge >= 0.3 is 0 Å². The molecule has 0 aromatic heterocycles. The Bertz CT molecular complexity index is 568. The molecule has 41 heavy (non-hydrogen) atoms. The third-order valence-electron chi connectivity index (χ3n) is 8.73.